The van der Waals surface area contributed by atoms with Gasteiger partial charge in [-0.3, -0.25) is 4.79 Å². The van der Waals surface area contributed by atoms with E-state index < -0.39 is 0 Å². The second-order valence-electron chi connectivity index (χ2n) is 4.73. The summed E-state index contributed by atoms with van der Waals surface area (Å²) in [7, 11) is 0. The van der Waals surface area contributed by atoms with Gasteiger partial charge in [0.25, 0.3) is 0 Å². The fourth-order valence-corrected chi connectivity index (χ4v) is 1.63. The van der Waals surface area contributed by atoms with E-state index in [1.165, 1.54) is 0 Å². The second-order valence-corrected chi connectivity index (χ2v) is 4.73. The molecule has 0 radical (unpaired) electrons. The van der Waals surface area contributed by atoms with Crippen LogP contribution in [0.2, 0.25) is 0 Å². The molecule has 1 heterocycles. The third kappa shape index (κ3) is 4.90. The van der Waals surface area contributed by atoms with Crippen LogP contribution in [-0.2, 0) is 22.5 Å². The summed E-state index contributed by atoms with van der Waals surface area (Å²) in [5.41, 5.74) is 0. The zero-order valence-electron chi connectivity index (χ0n) is 11.7. The zero-order chi connectivity index (χ0) is 13.4. The number of carbonyl (C=O) groups excluding carboxylic acids is 1. The van der Waals surface area contributed by atoms with Gasteiger partial charge in [0.2, 0.25) is 0 Å². The van der Waals surface area contributed by atoms with E-state index in [2.05, 4.69) is 25.8 Å². The Bertz CT molecular complexity index is 360. The van der Waals surface area contributed by atoms with Crippen LogP contribution in [0, 0.1) is 5.92 Å². The first-order valence-corrected chi connectivity index (χ1v) is 6.83. The number of esters is 1. The summed E-state index contributed by atoms with van der Waals surface area (Å²) in [6, 6.07) is 0. The van der Waals surface area contributed by atoms with Crippen molar-refractivity contribution in [2.45, 2.75) is 53.0 Å². The van der Waals surface area contributed by atoms with Gasteiger partial charge in [-0.05, 0) is 12.3 Å². The average molecular weight is 252 g/mol. The van der Waals surface area contributed by atoms with Gasteiger partial charge in [-0.2, -0.15) is 0 Å². The highest BCUT2D eigenvalue weighted by Gasteiger charge is 2.08. The molecule has 1 aromatic heterocycles. The smallest absolute Gasteiger partial charge is 0.307 e. The molecule has 1 unspecified atom stereocenters. The van der Waals surface area contributed by atoms with Crippen molar-refractivity contribution in [3.63, 3.8) is 0 Å². The van der Waals surface area contributed by atoms with E-state index in [4.69, 9.17) is 4.74 Å². The SMILES string of the molecule is CCCc1nccn1CCC(=O)OCC(C)CC. The minimum Gasteiger partial charge on any atom is -0.465 e. The summed E-state index contributed by atoms with van der Waals surface area (Å²) in [5.74, 6) is 1.37. The predicted molar refractivity (Wildman–Crippen MR) is 71.3 cm³/mol. The van der Waals surface area contributed by atoms with E-state index in [0.717, 1.165) is 25.1 Å². The van der Waals surface area contributed by atoms with Crippen molar-refractivity contribution in [1.29, 1.82) is 0 Å². The third-order valence-electron chi connectivity index (χ3n) is 3.06. The standard InChI is InChI=1S/C14H24N2O2/c1-4-6-13-15-8-10-16(13)9-7-14(17)18-11-12(3)5-2/h8,10,12H,4-7,9,11H2,1-3H3. The Kier molecular flexibility index (Phi) is 6.47. The van der Waals surface area contributed by atoms with E-state index in [1.54, 1.807) is 6.20 Å². The Morgan fingerprint density at radius 3 is 2.94 bits per heavy atom. The Morgan fingerprint density at radius 2 is 2.28 bits per heavy atom. The molecule has 102 valence electrons. The van der Waals surface area contributed by atoms with Crippen LogP contribution in [0.3, 0.4) is 0 Å². The molecule has 18 heavy (non-hydrogen) atoms. The first-order chi connectivity index (χ1) is 8.67. The van der Waals surface area contributed by atoms with Gasteiger partial charge in [0.05, 0.1) is 13.0 Å². The van der Waals surface area contributed by atoms with Crippen molar-refractivity contribution < 1.29 is 9.53 Å². The minimum absolute atomic E-state index is 0.119. The summed E-state index contributed by atoms with van der Waals surface area (Å²) < 4.78 is 7.26. The maximum atomic E-state index is 11.6. The highest BCUT2D eigenvalue weighted by Crippen LogP contribution is 2.05. The number of nitrogens with zero attached hydrogens (tertiary/aromatic N) is 2. The summed E-state index contributed by atoms with van der Waals surface area (Å²) >= 11 is 0. The van der Waals surface area contributed by atoms with Gasteiger partial charge in [-0.1, -0.05) is 27.2 Å². The van der Waals surface area contributed by atoms with Crippen molar-refractivity contribution in [2.75, 3.05) is 6.61 Å². The maximum absolute atomic E-state index is 11.6. The molecule has 0 aliphatic carbocycles. The molecule has 4 heteroatoms. The lowest BCUT2D eigenvalue weighted by Gasteiger charge is -2.10. The molecule has 4 nitrogen and oxygen atoms in total. The van der Waals surface area contributed by atoms with E-state index in [1.807, 2.05) is 10.8 Å². The monoisotopic (exact) mass is 252 g/mol. The van der Waals surface area contributed by atoms with Crippen LogP contribution in [0.5, 0.6) is 0 Å². The van der Waals surface area contributed by atoms with Crippen LogP contribution in [0.15, 0.2) is 12.4 Å². The molecule has 0 aliphatic heterocycles. The Morgan fingerprint density at radius 1 is 1.50 bits per heavy atom. The number of imidazole rings is 1. The van der Waals surface area contributed by atoms with E-state index in [9.17, 15) is 4.79 Å². The fourth-order valence-electron chi connectivity index (χ4n) is 1.63. The number of carbonyl (C=O) groups is 1. The lowest BCUT2D eigenvalue weighted by Crippen LogP contribution is -2.14. The fraction of sp³-hybridized carbons (Fsp3) is 0.714. The van der Waals surface area contributed by atoms with Gasteiger partial charge in [-0.15, -0.1) is 0 Å². The Hall–Kier alpha value is -1.32. The van der Waals surface area contributed by atoms with Crippen molar-refractivity contribution in [3.05, 3.63) is 18.2 Å². The molecule has 0 saturated heterocycles. The molecular formula is C14H24N2O2. The van der Waals surface area contributed by atoms with Gasteiger partial charge >= 0.3 is 5.97 Å². The lowest BCUT2D eigenvalue weighted by molar-refractivity contribution is -0.145. The number of ether oxygens (including phenoxy) is 1. The van der Waals surface area contributed by atoms with E-state index in [-0.39, 0.29) is 5.97 Å². The van der Waals surface area contributed by atoms with Gasteiger partial charge < -0.3 is 9.30 Å². The predicted octanol–water partition coefficient (Wildman–Crippen LogP) is 2.82. The molecule has 0 aromatic carbocycles. The van der Waals surface area contributed by atoms with Gasteiger partial charge in [0.15, 0.2) is 0 Å². The topological polar surface area (TPSA) is 44.1 Å². The van der Waals surface area contributed by atoms with Crippen LogP contribution in [0.4, 0.5) is 0 Å². The number of hydrogen-bond donors (Lipinski definition) is 0. The zero-order valence-corrected chi connectivity index (χ0v) is 11.7. The highest BCUT2D eigenvalue weighted by molar-refractivity contribution is 5.69. The molecule has 0 spiro atoms. The molecule has 0 saturated carbocycles. The van der Waals surface area contributed by atoms with Gasteiger partial charge in [0.1, 0.15) is 5.82 Å². The molecule has 1 aromatic rings. The lowest BCUT2D eigenvalue weighted by atomic mass is 10.1. The number of aryl methyl sites for hydroxylation is 2. The first kappa shape index (κ1) is 14.7. The minimum atomic E-state index is -0.119. The van der Waals surface area contributed by atoms with Crippen molar-refractivity contribution >= 4 is 5.97 Å². The average Bonchev–Trinajstić information content (AvgIpc) is 2.81. The first-order valence-electron chi connectivity index (χ1n) is 6.83. The van der Waals surface area contributed by atoms with Crippen molar-refractivity contribution in [2.24, 2.45) is 5.92 Å². The third-order valence-corrected chi connectivity index (χ3v) is 3.06. The molecular weight excluding hydrogens is 228 g/mol. The van der Waals surface area contributed by atoms with Gasteiger partial charge in [0, 0.05) is 25.4 Å². The molecule has 1 atom stereocenters. The van der Waals surface area contributed by atoms with Crippen molar-refractivity contribution in [1.82, 2.24) is 9.55 Å². The number of hydrogen-bond acceptors (Lipinski definition) is 3. The maximum Gasteiger partial charge on any atom is 0.307 e. The molecule has 0 N–H and O–H groups in total. The summed E-state index contributed by atoms with van der Waals surface area (Å²) in [5, 5.41) is 0. The number of aromatic nitrogens is 2. The summed E-state index contributed by atoms with van der Waals surface area (Å²) in [6.45, 7) is 7.50. The highest BCUT2D eigenvalue weighted by atomic mass is 16.5. The van der Waals surface area contributed by atoms with Gasteiger partial charge in [-0.25, -0.2) is 4.98 Å². The van der Waals surface area contributed by atoms with Crippen molar-refractivity contribution in [3.8, 4) is 0 Å². The normalized spacial score (nSPS) is 12.4. The molecule has 0 fully saturated rings. The quantitative estimate of drug-likeness (QED) is 0.668. The van der Waals surface area contributed by atoms with E-state index >= 15 is 0 Å². The number of rotatable bonds is 8. The summed E-state index contributed by atoms with van der Waals surface area (Å²) in [6.07, 6.45) is 7.19. The second kappa shape index (κ2) is 7.90. The Labute approximate surface area is 109 Å². The largest absolute Gasteiger partial charge is 0.465 e. The van der Waals surface area contributed by atoms with E-state index in [0.29, 0.717) is 25.5 Å². The molecule has 0 aliphatic rings. The van der Waals surface area contributed by atoms with Crippen LogP contribution in [0.25, 0.3) is 0 Å². The molecule has 1 rings (SSSR count). The molecule has 0 amide bonds. The Balaban J connectivity index is 2.31. The van der Waals surface area contributed by atoms with Crippen LogP contribution < -0.4 is 0 Å². The van der Waals surface area contributed by atoms with Crippen LogP contribution in [-0.4, -0.2) is 22.1 Å². The summed E-state index contributed by atoms with van der Waals surface area (Å²) in [4.78, 5) is 15.9. The molecule has 0 bridgehead atoms. The van der Waals surface area contributed by atoms with Crippen LogP contribution >= 0.6 is 0 Å². The van der Waals surface area contributed by atoms with Crippen LogP contribution in [0.1, 0.15) is 45.9 Å².